The van der Waals surface area contributed by atoms with Crippen molar-refractivity contribution in [3.63, 3.8) is 0 Å². The molecule has 1 unspecified atom stereocenters. The van der Waals surface area contributed by atoms with Crippen LogP contribution in [0.25, 0.3) is 0 Å². The van der Waals surface area contributed by atoms with Gasteiger partial charge in [-0.2, -0.15) is 0 Å². The molecule has 1 aliphatic rings. The van der Waals surface area contributed by atoms with E-state index >= 15 is 0 Å². The monoisotopic (exact) mass is 210 g/mol. The lowest BCUT2D eigenvalue weighted by Gasteiger charge is -2.29. The second-order valence-corrected chi connectivity index (χ2v) is 5.45. The van der Waals surface area contributed by atoms with Gasteiger partial charge in [-0.1, -0.05) is 13.8 Å². The molecule has 14 heavy (non-hydrogen) atoms. The van der Waals surface area contributed by atoms with Gasteiger partial charge in [-0.25, -0.2) is 0 Å². The van der Waals surface area contributed by atoms with Crippen LogP contribution in [-0.4, -0.2) is 18.5 Å². The lowest BCUT2D eigenvalue weighted by molar-refractivity contribution is 0.286. The maximum atomic E-state index is 6.18. The van der Waals surface area contributed by atoms with Crippen molar-refractivity contribution in [2.45, 2.75) is 32.4 Å². The fourth-order valence-electron chi connectivity index (χ4n) is 2.15. The van der Waals surface area contributed by atoms with Crippen LogP contribution in [0.1, 0.15) is 41.8 Å². The van der Waals surface area contributed by atoms with Crippen LogP contribution < -0.4 is 5.73 Å². The van der Waals surface area contributed by atoms with Crippen molar-refractivity contribution < 1.29 is 0 Å². The van der Waals surface area contributed by atoms with Gasteiger partial charge >= 0.3 is 0 Å². The Labute approximate surface area is 89.7 Å². The number of hydrogen-bond donors (Lipinski definition) is 1. The average Bonchev–Trinajstić information content (AvgIpc) is 2.47. The predicted octanol–water partition coefficient (Wildman–Crippen LogP) is 2.32. The van der Waals surface area contributed by atoms with Crippen LogP contribution in [0.15, 0.2) is 5.38 Å². The zero-order chi connectivity index (χ0) is 10.3. The number of fused-ring (bicyclic) bond motifs is 1. The van der Waals surface area contributed by atoms with Crippen LogP contribution in [-0.2, 0) is 6.54 Å². The smallest absolute Gasteiger partial charge is 0.0438 e. The van der Waals surface area contributed by atoms with Crippen LogP contribution in [0.2, 0.25) is 0 Å². The molecule has 1 aliphatic heterocycles. The van der Waals surface area contributed by atoms with E-state index in [0.29, 0.717) is 5.92 Å². The highest BCUT2D eigenvalue weighted by molar-refractivity contribution is 7.10. The fraction of sp³-hybridized carbons (Fsp3) is 0.636. The number of hydrogen-bond acceptors (Lipinski definition) is 3. The Morgan fingerprint density at radius 3 is 2.93 bits per heavy atom. The van der Waals surface area contributed by atoms with Gasteiger partial charge in [0.2, 0.25) is 0 Å². The molecule has 1 atom stereocenters. The molecule has 2 nitrogen and oxygen atoms in total. The van der Waals surface area contributed by atoms with E-state index in [2.05, 4.69) is 31.2 Å². The fourth-order valence-corrected chi connectivity index (χ4v) is 3.51. The molecule has 3 heteroatoms. The van der Waals surface area contributed by atoms with E-state index in [-0.39, 0.29) is 6.04 Å². The number of likely N-dealkylation sites (N-methyl/N-ethyl adjacent to an activating group) is 1. The average molecular weight is 210 g/mol. The van der Waals surface area contributed by atoms with Gasteiger partial charge in [0.25, 0.3) is 0 Å². The van der Waals surface area contributed by atoms with Crippen molar-refractivity contribution in [3.8, 4) is 0 Å². The molecule has 0 aliphatic carbocycles. The van der Waals surface area contributed by atoms with Gasteiger partial charge in [0.15, 0.2) is 0 Å². The topological polar surface area (TPSA) is 29.3 Å². The Bertz CT molecular complexity index is 330. The molecule has 1 aromatic rings. The summed E-state index contributed by atoms with van der Waals surface area (Å²) in [6.07, 6.45) is 0. The van der Waals surface area contributed by atoms with Gasteiger partial charge in [-0.15, -0.1) is 11.3 Å². The van der Waals surface area contributed by atoms with E-state index in [9.17, 15) is 0 Å². The van der Waals surface area contributed by atoms with Gasteiger partial charge < -0.3 is 5.73 Å². The number of thiophene rings is 1. The van der Waals surface area contributed by atoms with Crippen molar-refractivity contribution in [1.82, 2.24) is 4.90 Å². The molecule has 0 radical (unpaired) electrons. The first-order valence-electron chi connectivity index (χ1n) is 5.14. The lowest BCUT2D eigenvalue weighted by Crippen LogP contribution is -2.34. The predicted molar refractivity (Wildman–Crippen MR) is 61.7 cm³/mol. The van der Waals surface area contributed by atoms with E-state index in [0.717, 1.165) is 13.1 Å². The van der Waals surface area contributed by atoms with Crippen molar-refractivity contribution in [2.24, 2.45) is 5.73 Å². The highest BCUT2D eigenvalue weighted by Crippen LogP contribution is 2.36. The second-order valence-electron chi connectivity index (χ2n) is 4.49. The molecule has 0 fully saturated rings. The molecule has 78 valence electrons. The maximum absolute atomic E-state index is 6.18. The molecule has 0 saturated heterocycles. The van der Waals surface area contributed by atoms with E-state index in [1.807, 2.05) is 11.3 Å². The summed E-state index contributed by atoms with van der Waals surface area (Å²) in [5, 5.41) is 2.29. The van der Waals surface area contributed by atoms with E-state index in [4.69, 9.17) is 5.73 Å². The zero-order valence-corrected chi connectivity index (χ0v) is 9.90. The summed E-state index contributed by atoms with van der Waals surface area (Å²) in [5.41, 5.74) is 9.08. The number of nitrogens with two attached hydrogens (primary N) is 1. The Balaban J connectivity index is 2.41. The summed E-state index contributed by atoms with van der Waals surface area (Å²) in [4.78, 5) is 3.77. The van der Waals surface area contributed by atoms with Crippen molar-refractivity contribution in [1.29, 1.82) is 0 Å². The van der Waals surface area contributed by atoms with Gasteiger partial charge in [-0.3, -0.25) is 4.90 Å². The summed E-state index contributed by atoms with van der Waals surface area (Å²) >= 11 is 1.87. The van der Waals surface area contributed by atoms with Gasteiger partial charge in [-0.05, 0) is 29.5 Å². The minimum Gasteiger partial charge on any atom is -0.323 e. The molecule has 0 saturated carbocycles. The first kappa shape index (κ1) is 10.1. The van der Waals surface area contributed by atoms with Crippen molar-refractivity contribution in [3.05, 3.63) is 21.4 Å². The van der Waals surface area contributed by atoms with Gasteiger partial charge in [0.1, 0.15) is 0 Å². The van der Waals surface area contributed by atoms with E-state index < -0.39 is 0 Å². The summed E-state index contributed by atoms with van der Waals surface area (Å²) in [6.45, 7) is 6.55. The molecule has 2 rings (SSSR count). The second kappa shape index (κ2) is 3.65. The van der Waals surface area contributed by atoms with Gasteiger partial charge in [0, 0.05) is 24.0 Å². The molecule has 0 aromatic carbocycles. The Morgan fingerprint density at radius 2 is 2.29 bits per heavy atom. The Hall–Kier alpha value is -0.380. The summed E-state index contributed by atoms with van der Waals surface area (Å²) in [7, 11) is 2.14. The third kappa shape index (κ3) is 1.60. The van der Waals surface area contributed by atoms with Crippen LogP contribution in [0.3, 0.4) is 0 Å². The Kier molecular flexibility index (Phi) is 2.64. The minimum atomic E-state index is 0.215. The van der Waals surface area contributed by atoms with E-state index in [1.165, 1.54) is 16.0 Å². The van der Waals surface area contributed by atoms with Crippen LogP contribution in [0.5, 0.6) is 0 Å². The molecular weight excluding hydrogens is 192 g/mol. The highest BCUT2D eigenvalue weighted by atomic mass is 32.1. The van der Waals surface area contributed by atoms with Crippen molar-refractivity contribution >= 4 is 11.3 Å². The number of nitrogens with zero attached hydrogens (tertiary/aromatic N) is 1. The van der Waals surface area contributed by atoms with Crippen LogP contribution in [0, 0.1) is 0 Å². The lowest BCUT2D eigenvalue weighted by atomic mass is 9.93. The molecule has 1 aromatic heterocycles. The first-order valence-corrected chi connectivity index (χ1v) is 6.02. The summed E-state index contributed by atoms with van der Waals surface area (Å²) in [6, 6.07) is 0.215. The minimum absolute atomic E-state index is 0.215. The molecular formula is C11H18N2S. The Morgan fingerprint density at radius 1 is 1.57 bits per heavy atom. The third-order valence-electron chi connectivity index (χ3n) is 2.85. The normalized spacial score (nSPS) is 22.8. The highest BCUT2D eigenvalue weighted by Gasteiger charge is 2.25. The largest absolute Gasteiger partial charge is 0.323 e. The number of rotatable bonds is 1. The molecule has 2 heterocycles. The molecule has 0 bridgehead atoms. The van der Waals surface area contributed by atoms with Crippen molar-refractivity contribution in [2.75, 3.05) is 13.6 Å². The first-order chi connectivity index (χ1) is 6.59. The molecule has 0 amide bonds. The molecule has 2 N–H and O–H groups in total. The standard InChI is InChI=1S/C11H18N2S/c1-7(2)8-6-14-10-5-13(3)4-9(12)11(8)10/h6-7,9H,4-5,12H2,1-3H3. The summed E-state index contributed by atoms with van der Waals surface area (Å²) < 4.78 is 0. The maximum Gasteiger partial charge on any atom is 0.0438 e. The zero-order valence-electron chi connectivity index (χ0n) is 9.08. The van der Waals surface area contributed by atoms with Crippen LogP contribution >= 0.6 is 11.3 Å². The summed E-state index contributed by atoms with van der Waals surface area (Å²) in [5.74, 6) is 0.601. The SMILES string of the molecule is CC(C)c1csc2c1C(N)CN(C)C2. The van der Waals surface area contributed by atoms with E-state index in [1.54, 1.807) is 0 Å². The third-order valence-corrected chi connectivity index (χ3v) is 3.86. The van der Waals surface area contributed by atoms with Crippen LogP contribution in [0.4, 0.5) is 0 Å². The quantitative estimate of drug-likeness (QED) is 0.771. The molecule has 0 spiro atoms. The van der Waals surface area contributed by atoms with Gasteiger partial charge in [0.05, 0.1) is 0 Å².